The van der Waals surface area contributed by atoms with Crippen LogP contribution in [-0.4, -0.2) is 59.7 Å². The number of hydrogen-bond donors (Lipinski definition) is 1. The van der Waals surface area contributed by atoms with Gasteiger partial charge in [0.25, 0.3) is 0 Å². The zero-order valence-electron chi connectivity index (χ0n) is 20.3. The molecule has 1 N–H and O–H groups in total. The summed E-state index contributed by atoms with van der Waals surface area (Å²) in [5.41, 5.74) is 1.11. The summed E-state index contributed by atoms with van der Waals surface area (Å²) in [6.45, 7) is 10.4. The van der Waals surface area contributed by atoms with E-state index >= 15 is 0 Å². The maximum absolute atomic E-state index is 13.6. The van der Waals surface area contributed by atoms with E-state index in [4.69, 9.17) is 4.74 Å². The van der Waals surface area contributed by atoms with E-state index in [2.05, 4.69) is 36.8 Å². The Morgan fingerprint density at radius 1 is 1.38 bits per heavy atom. The highest BCUT2D eigenvalue weighted by molar-refractivity contribution is 7.10. The third-order valence-corrected chi connectivity index (χ3v) is 7.17. The van der Waals surface area contributed by atoms with Crippen molar-refractivity contribution in [3.8, 4) is 5.75 Å². The SMILES string of the molecule is C=CCC[C@@H](O)CN(CCC(C)C)CC(=O)N1CCc2sccc2[C@@H]1COc1cccc(F)c1. The number of nitrogens with zero attached hydrogens (tertiary/aromatic N) is 2. The van der Waals surface area contributed by atoms with Gasteiger partial charge < -0.3 is 14.7 Å². The Morgan fingerprint density at radius 3 is 2.94 bits per heavy atom. The normalized spacial score (nSPS) is 16.5. The first-order valence-corrected chi connectivity index (χ1v) is 13.0. The molecule has 0 radical (unpaired) electrons. The van der Waals surface area contributed by atoms with Crippen LogP contribution in [0.15, 0.2) is 48.4 Å². The number of carbonyl (C=O) groups is 1. The van der Waals surface area contributed by atoms with Crippen molar-refractivity contribution in [3.05, 3.63) is 64.6 Å². The van der Waals surface area contributed by atoms with Crippen LogP contribution in [0, 0.1) is 11.7 Å². The Morgan fingerprint density at radius 2 is 2.21 bits per heavy atom. The molecule has 1 aliphatic heterocycles. The van der Waals surface area contributed by atoms with Crippen molar-refractivity contribution in [1.29, 1.82) is 0 Å². The van der Waals surface area contributed by atoms with Gasteiger partial charge in [-0.1, -0.05) is 26.0 Å². The second-order valence-electron chi connectivity index (χ2n) is 9.36. The van der Waals surface area contributed by atoms with Crippen LogP contribution in [0.1, 0.15) is 49.6 Å². The quantitative estimate of drug-likeness (QED) is 0.400. The lowest BCUT2D eigenvalue weighted by atomic mass is 10.00. The topological polar surface area (TPSA) is 53.0 Å². The van der Waals surface area contributed by atoms with Crippen LogP contribution in [0.4, 0.5) is 4.39 Å². The van der Waals surface area contributed by atoms with E-state index in [0.717, 1.165) is 31.4 Å². The minimum atomic E-state index is -0.491. The number of aliphatic hydroxyl groups is 1. The average Bonchev–Trinajstić information content (AvgIpc) is 3.28. The molecule has 1 aromatic carbocycles. The first kappa shape index (κ1) is 26.4. The van der Waals surface area contributed by atoms with E-state index in [1.165, 1.54) is 17.0 Å². The smallest absolute Gasteiger partial charge is 0.237 e. The molecule has 1 aromatic heterocycles. The van der Waals surface area contributed by atoms with Gasteiger partial charge in [-0.25, -0.2) is 4.39 Å². The maximum Gasteiger partial charge on any atom is 0.237 e. The zero-order valence-corrected chi connectivity index (χ0v) is 21.1. The van der Waals surface area contributed by atoms with Crippen LogP contribution in [0.2, 0.25) is 0 Å². The van der Waals surface area contributed by atoms with Crippen LogP contribution in [-0.2, 0) is 11.2 Å². The van der Waals surface area contributed by atoms with Crippen LogP contribution in [0.5, 0.6) is 5.75 Å². The number of fused-ring (bicyclic) bond motifs is 1. The molecule has 34 heavy (non-hydrogen) atoms. The molecule has 2 heterocycles. The number of thiophene rings is 1. The van der Waals surface area contributed by atoms with Crippen LogP contribution in [0.3, 0.4) is 0 Å². The molecule has 0 unspecified atom stereocenters. The molecule has 1 amide bonds. The first-order chi connectivity index (χ1) is 16.4. The van der Waals surface area contributed by atoms with Crippen LogP contribution >= 0.6 is 11.3 Å². The molecule has 2 atom stereocenters. The van der Waals surface area contributed by atoms with Gasteiger partial charge in [0, 0.05) is 24.0 Å². The van der Waals surface area contributed by atoms with E-state index in [9.17, 15) is 14.3 Å². The van der Waals surface area contributed by atoms with Gasteiger partial charge in [0.1, 0.15) is 18.2 Å². The molecular formula is C27H37FN2O3S. The van der Waals surface area contributed by atoms with Crippen molar-refractivity contribution in [2.75, 3.05) is 32.8 Å². The van der Waals surface area contributed by atoms with Crippen molar-refractivity contribution in [1.82, 2.24) is 9.80 Å². The average molecular weight is 489 g/mol. The van der Waals surface area contributed by atoms with E-state index in [1.54, 1.807) is 23.5 Å². The number of benzene rings is 1. The van der Waals surface area contributed by atoms with Gasteiger partial charge in [-0.2, -0.15) is 0 Å². The third kappa shape index (κ3) is 7.65. The minimum Gasteiger partial charge on any atom is -0.491 e. The number of rotatable bonds is 13. The van der Waals surface area contributed by atoms with Gasteiger partial charge in [0.05, 0.1) is 18.7 Å². The highest BCUT2D eigenvalue weighted by Gasteiger charge is 2.33. The standard InChI is InChI=1S/C27H37FN2O3S/c1-4-5-8-22(31)17-29(13-10-20(2)3)18-27(32)30-14-11-26-24(12-15-34-26)25(30)19-33-23-9-6-7-21(28)16-23/h4,6-7,9,12,15-16,20,22,25,31H,1,5,8,10-11,13-14,17-19H2,2-3H3/t22-,25+/m1/s1. The number of aliphatic hydroxyl groups excluding tert-OH is 1. The lowest BCUT2D eigenvalue weighted by Crippen LogP contribution is -2.48. The molecule has 0 spiro atoms. The monoisotopic (exact) mass is 488 g/mol. The Hall–Kier alpha value is -2.22. The first-order valence-electron chi connectivity index (χ1n) is 12.1. The Kier molecular flexibility index (Phi) is 10.1. The maximum atomic E-state index is 13.6. The number of carbonyl (C=O) groups excluding carboxylic acids is 1. The van der Waals surface area contributed by atoms with E-state index in [1.807, 2.05) is 11.0 Å². The molecular weight excluding hydrogens is 451 g/mol. The van der Waals surface area contributed by atoms with Crippen molar-refractivity contribution in [2.45, 2.75) is 51.7 Å². The zero-order chi connectivity index (χ0) is 24.5. The molecule has 0 bridgehead atoms. The number of allylic oxidation sites excluding steroid dienone is 1. The summed E-state index contributed by atoms with van der Waals surface area (Å²) < 4.78 is 19.5. The largest absolute Gasteiger partial charge is 0.491 e. The fourth-order valence-electron chi connectivity index (χ4n) is 4.26. The highest BCUT2D eigenvalue weighted by atomic mass is 32.1. The number of halogens is 1. The van der Waals surface area contributed by atoms with Gasteiger partial charge in [-0.3, -0.25) is 9.69 Å². The van der Waals surface area contributed by atoms with E-state index in [-0.39, 0.29) is 30.9 Å². The Balaban J connectivity index is 1.71. The van der Waals surface area contributed by atoms with Gasteiger partial charge >= 0.3 is 0 Å². The third-order valence-electron chi connectivity index (χ3n) is 6.17. The van der Waals surface area contributed by atoms with Gasteiger partial charge in [0.2, 0.25) is 5.91 Å². The predicted molar refractivity (Wildman–Crippen MR) is 136 cm³/mol. The lowest BCUT2D eigenvalue weighted by molar-refractivity contribution is -0.136. The summed E-state index contributed by atoms with van der Waals surface area (Å²) in [6, 6.07) is 7.94. The molecule has 0 aliphatic carbocycles. The van der Waals surface area contributed by atoms with Gasteiger partial charge in [-0.05, 0) is 67.3 Å². The molecule has 2 aromatic rings. The van der Waals surface area contributed by atoms with Gasteiger partial charge in [0.15, 0.2) is 0 Å². The molecule has 1 aliphatic rings. The Labute approximate surface area is 206 Å². The predicted octanol–water partition coefficient (Wildman–Crippen LogP) is 5.07. The molecule has 7 heteroatoms. The lowest BCUT2D eigenvalue weighted by Gasteiger charge is -2.37. The second kappa shape index (κ2) is 13.0. The summed E-state index contributed by atoms with van der Waals surface area (Å²) in [7, 11) is 0. The van der Waals surface area contributed by atoms with Crippen molar-refractivity contribution in [3.63, 3.8) is 0 Å². The molecule has 0 fully saturated rings. The molecule has 3 rings (SSSR count). The van der Waals surface area contributed by atoms with E-state index < -0.39 is 6.10 Å². The summed E-state index contributed by atoms with van der Waals surface area (Å²) >= 11 is 1.70. The molecule has 5 nitrogen and oxygen atoms in total. The Bertz CT molecular complexity index is 932. The molecule has 0 saturated carbocycles. The van der Waals surface area contributed by atoms with E-state index in [0.29, 0.717) is 31.2 Å². The number of ether oxygens (including phenoxy) is 1. The minimum absolute atomic E-state index is 0.0318. The fourth-order valence-corrected chi connectivity index (χ4v) is 5.19. The summed E-state index contributed by atoms with van der Waals surface area (Å²) in [6.07, 6.45) is 4.49. The molecule has 0 saturated heterocycles. The second-order valence-corrected chi connectivity index (χ2v) is 10.4. The number of hydrogen-bond acceptors (Lipinski definition) is 5. The summed E-state index contributed by atoms with van der Waals surface area (Å²) in [4.78, 5) is 18.8. The molecule has 186 valence electrons. The fraction of sp³-hybridized carbons (Fsp3) is 0.519. The summed E-state index contributed by atoms with van der Waals surface area (Å²) in [5.74, 6) is 0.655. The number of amides is 1. The van der Waals surface area contributed by atoms with Crippen LogP contribution < -0.4 is 4.74 Å². The van der Waals surface area contributed by atoms with Crippen molar-refractivity contribution in [2.24, 2.45) is 5.92 Å². The summed E-state index contributed by atoms with van der Waals surface area (Å²) in [5, 5.41) is 12.5. The van der Waals surface area contributed by atoms with Crippen molar-refractivity contribution < 1.29 is 19.0 Å². The van der Waals surface area contributed by atoms with Crippen molar-refractivity contribution >= 4 is 17.2 Å². The van der Waals surface area contributed by atoms with Crippen LogP contribution in [0.25, 0.3) is 0 Å². The highest BCUT2D eigenvalue weighted by Crippen LogP contribution is 2.34. The van der Waals surface area contributed by atoms with Gasteiger partial charge in [-0.15, -0.1) is 17.9 Å².